The maximum Gasteiger partial charge on any atom is 0.325 e. The van der Waals surface area contributed by atoms with Crippen molar-refractivity contribution in [2.75, 3.05) is 33.2 Å². The van der Waals surface area contributed by atoms with E-state index in [9.17, 15) is 18.7 Å². The first kappa shape index (κ1) is 14.9. The summed E-state index contributed by atoms with van der Waals surface area (Å²) < 4.78 is 25.5. The topological polar surface area (TPSA) is 43.8 Å². The number of benzene rings is 1. The summed E-state index contributed by atoms with van der Waals surface area (Å²) in [7, 11) is 1.98. The standard InChI is InChI=1S/C14H18F2N2O2/c1-17-5-7-18(8-6-17)12(14(19)20)10-3-2-4-11(9-10)13(15)16/h2-4,9,12-13H,5-8H2,1H3,(H,19,20). The summed E-state index contributed by atoms with van der Waals surface area (Å²) in [5.74, 6) is -0.999. The molecule has 0 spiro atoms. The van der Waals surface area contributed by atoms with Crippen LogP contribution in [0.25, 0.3) is 0 Å². The van der Waals surface area contributed by atoms with Gasteiger partial charge in [-0.2, -0.15) is 0 Å². The number of piperazine rings is 1. The van der Waals surface area contributed by atoms with Crippen LogP contribution in [0.1, 0.15) is 23.6 Å². The highest BCUT2D eigenvalue weighted by Gasteiger charge is 2.30. The van der Waals surface area contributed by atoms with Crippen molar-refractivity contribution < 1.29 is 18.7 Å². The summed E-state index contributed by atoms with van der Waals surface area (Å²) in [4.78, 5) is 15.5. The average Bonchev–Trinajstić information content (AvgIpc) is 2.41. The van der Waals surface area contributed by atoms with Crippen molar-refractivity contribution in [1.82, 2.24) is 9.80 Å². The Morgan fingerprint density at radius 3 is 2.35 bits per heavy atom. The zero-order chi connectivity index (χ0) is 14.7. The lowest BCUT2D eigenvalue weighted by atomic mass is 10.0. The van der Waals surface area contributed by atoms with Crippen molar-refractivity contribution in [3.8, 4) is 0 Å². The molecule has 6 heteroatoms. The Morgan fingerprint density at radius 1 is 1.20 bits per heavy atom. The zero-order valence-corrected chi connectivity index (χ0v) is 11.3. The van der Waals surface area contributed by atoms with Crippen molar-refractivity contribution in [3.05, 3.63) is 35.4 Å². The fourth-order valence-electron chi connectivity index (χ4n) is 2.45. The molecular formula is C14H18F2N2O2. The molecule has 1 fully saturated rings. The molecule has 110 valence electrons. The molecule has 1 unspecified atom stereocenters. The van der Waals surface area contributed by atoms with E-state index in [1.54, 1.807) is 6.07 Å². The third-order valence-corrected chi connectivity index (χ3v) is 3.62. The number of nitrogens with zero attached hydrogens (tertiary/aromatic N) is 2. The fraction of sp³-hybridized carbons (Fsp3) is 0.500. The molecule has 1 heterocycles. The van der Waals surface area contributed by atoms with Gasteiger partial charge in [-0.15, -0.1) is 0 Å². The summed E-state index contributed by atoms with van der Waals surface area (Å²) in [5, 5.41) is 9.43. The number of hydrogen-bond acceptors (Lipinski definition) is 3. The molecule has 0 saturated carbocycles. The van der Waals surface area contributed by atoms with Gasteiger partial charge in [0.05, 0.1) is 0 Å². The van der Waals surface area contributed by atoms with E-state index in [4.69, 9.17) is 0 Å². The molecule has 1 N–H and O–H groups in total. The van der Waals surface area contributed by atoms with Crippen molar-refractivity contribution >= 4 is 5.97 Å². The number of hydrogen-bond donors (Lipinski definition) is 1. The summed E-state index contributed by atoms with van der Waals surface area (Å²) in [5.41, 5.74) is 0.280. The van der Waals surface area contributed by atoms with Gasteiger partial charge in [-0.1, -0.05) is 18.2 Å². The minimum atomic E-state index is -2.59. The highest BCUT2D eigenvalue weighted by atomic mass is 19.3. The van der Waals surface area contributed by atoms with Gasteiger partial charge in [0.2, 0.25) is 0 Å². The molecular weight excluding hydrogens is 266 g/mol. The smallest absolute Gasteiger partial charge is 0.325 e. The molecule has 2 rings (SSSR count). The first-order chi connectivity index (χ1) is 9.49. The predicted octanol–water partition coefficient (Wildman–Crippen LogP) is 2.00. The Morgan fingerprint density at radius 2 is 1.80 bits per heavy atom. The minimum Gasteiger partial charge on any atom is -0.480 e. The first-order valence-electron chi connectivity index (χ1n) is 6.52. The van der Waals surface area contributed by atoms with Crippen molar-refractivity contribution in [2.45, 2.75) is 12.5 Å². The molecule has 0 radical (unpaired) electrons. The molecule has 0 aromatic heterocycles. The zero-order valence-electron chi connectivity index (χ0n) is 11.3. The lowest BCUT2D eigenvalue weighted by Gasteiger charge is -2.36. The number of carbonyl (C=O) groups is 1. The molecule has 0 amide bonds. The second-order valence-corrected chi connectivity index (χ2v) is 5.05. The van der Waals surface area contributed by atoms with Gasteiger partial charge < -0.3 is 10.0 Å². The summed E-state index contributed by atoms with van der Waals surface area (Å²) >= 11 is 0. The lowest BCUT2D eigenvalue weighted by Crippen LogP contribution is -2.47. The monoisotopic (exact) mass is 284 g/mol. The predicted molar refractivity (Wildman–Crippen MR) is 70.8 cm³/mol. The van der Waals surface area contributed by atoms with Crippen LogP contribution in [0.3, 0.4) is 0 Å². The van der Waals surface area contributed by atoms with Gasteiger partial charge in [0.15, 0.2) is 0 Å². The molecule has 1 aliphatic rings. The van der Waals surface area contributed by atoms with E-state index in [2.05, 4.69) is 4.90 Å². The van der Waals surface area contributed by atoms with Crippen LogP contribution in [-0.4, -0.2) is 54.1 Å². The fourth-order valence-corrected chi connectivity index (χ4v) is 2.45. The Hall–Kier alpha value is -1.53. The van der Waals surface area contributed by atoms with Crippen LogP contribution in [0, 0.1) is 0 Å². The van der Waals surface area contributed by atoms with Gasteiger partial charge in [-0.25, -0.2) is 8.78 Å². The number of halogens is 2. The van der Waals surface area contributed by atoms with E-state index in [1.807, 2.05) is 11.9 Å². The van der Waals surface area contributed by atoms with E-state index in [0.717, 1.165) is 13.1 Å². The molecule has 1 saturated heterocycles. The van der Waals surface area contributed by atoms with Gasteiger partial charge in [0.1, 0.15) is 6.04 Å². The van der Waals surface area contributed by atoms with Crippen molar-refractivity contribution in [1.29, 1.82) is 0 Å². The lowest BCUT2D eigenvalue weighted by molar-refractivity contribution is -0.144. The second kappa shape index (κ2) is 6.28. The highest BCUT2D eigenvalue weighted by molar-refractivity contribution is 5.75. The van der Waals surface area contributed by atoms with Crippen LogP contribution in [0.2, 0.25) is 0 Å². The minimum absolute atomic E-state index is 0.136. The van der Waals surface area contributed by atoms with E-state index in [0.29, 0.717) is 18.7 Å². The Kier molecular flexibility index (Phi) is 4.67. The van der Waals surface area contributed by atoms with Crippen LogP contribution < -0.4 is 0 Å². The van der Waals surface area contributed by atoms with Gasteiger partial charge >= 0.3 is 5.97 Å². The van der Waals surface area contributed by atoms with Gasteiger partial charge in [-0.3, -0.25) is 9.69 Å². The molecule has 1 aromatic carbocycles. The van der Waals surface area contributed by atoms with E-state index >= 15 is 0 Å². The Labute approximate surface area is 116 Å². The molecule has 20 heavy (non-hydrogen) atoms. The summed E-state index contributed by atoms with van der Waals surface area (Å²) in [6.07, 6.45) is -2.59. The molecule has 4 nitrogen and oxygen atoms in total. The normalized spacial score (nSPS) is 19.2. The van der Waals surface area contributed by atoms with Crippen molar-refractivity contribution in [2.24, 2.45) is 0 Å². The number of aliphatic carboxylic acids is 1. The van der Waals surface area contributed by atoms with Gasteiger partial charge in [-0.05, 0) is 18.7 Å². The first-order valence-corrected chi connectivity index (χ1v) is 6.52. The maximum atomic E-state index is 12.7. The number of rotatable bonds is 4. The number of carboxylic acids is 1. The van der Waals surface area contributed by atoms with Gasteiger partial charge in [0, 0.05) is 31.7 Å². The molecule has 0 aliphatic carbocycles. The average molecular weight is 284 g/mol. The largest absolute Gasteiger partial charge is 0.480 e. The van der Waals surface area contributed by atoms with Crippen LogP contribution in [0.15, 0.2) is 24.3 Å². The number of alkyl halides is 2. The molecule has 1 atom stereocenters. The maximum absolute atomic E-state index is 12.7. The van der Waals surface area contributed by atoms with E-state index in [1.165, 1.54) is 18.2 Å². The van der Waals surface area contributed by atoms with Gasteiger partial charge in [0.25, 0.3) is 6.43 Å². The number of likely N-dealkylation sites (N-methyl/N-ethyl adjacent to an activating group) is 1. The molecule has 0 bridgehead atoms. The molecule has 1 aliphatic heterocycles. The van der Waals surface area contributed by atoms with Crippen LogP contribution in [0.5, 0.6) is 0 Å². The Balaban J connectivity index is 2.24. The van der Waals surface area contributed by atoms with Crippen LogP contribution in [-0.2, 0) is 4.79 Å². The van der Waals surface area contributed by atoms with Crippen molar-refractivity contribution in [3.63, 3.8) is 0 Å². The van der Waals surface area contributed by atoms with E-state index < -0.39 is 18.4 Å². The van der Waals surface area contributed by atoms with Crippen LogP contribution in [0.4, 0.5) is 8.78 Å². The summed E-state index contributed by atoms with van der Waals surface area (Å²) in [6.45, 7) is 2.79. The third kappa shape index (κ3) is 3.32. The highest BCUT2D eigenvalue weighted by Crippen LogP contribution is 2.26. The third-order valence-electron chi connectivity index (χ3n) is 3.62. The number of carboxylic acid groups (broad SMARTS) is 1. The quantitative estimate of drug-likeness (QED) is 0.918. The van der Waals surface area contributed by atoms with E-state index in [-0.39, 0.29) is 5.56 Å². The van der Waals surface area contributed by atoms with Crippen LogP contribution >= 0.6 is 0 Å². The SMILES string of the molecule is CN1CCN(C(C(=O)O)c2cccc(C(F)F)c2)CC1. The Bertz CT molecular complexity index is 474. The molecule has 1 aromatic rings. The summed E-state index contributed by atoms with van der Waals surface area (Å²) in [6, 6.07) is 4.84. The second-order valence-electron chi connectivity index (χ2n) is 5.05.